The standard InChI is InChI=1S/C28H43N5O7/c1-17(2)39-26(37)24(8-7-22(35)16-31-29)32-25(36)23(6-4-5-9-30-18(3)34)33-27(38)40-28-13-19-10-20(14-28)12-21(11-19)15-28/h16-17,19-21,23-24H,4-15H2,1-3H3,(H,30,34)(H,32,36)(H,33,38)/t19?,20?,21?,23-,24-,28?/m0/s1. The quantitative estimate of drug-likeness (QED) is 0.0904. The monoisotopic (exact) mass is 561 g/mol. The summed E-state index contributed by atoms with van der Waals surface area (Å²) in [5, 5.41) is 8.06. The fourth-order valence-corrected chi connectivity index (χ4v) is 6.78. The molecule has 4 saturated carbocycles. The number of carbonyl (C=O) groups is 5. The van der Waals surface area contributed by atoms with E-state index in [1.807, 2.05) is 0 Å². The first-order chi connectivity index (χ1) is 19.0. The van der Waals surface area contributed by atoms with Gasteiger partial charge in [-0.25, -0.2) is 9.59 Å². The molecule has 4 rings (SSSR count). The minimum Gasteiger partial charge on any atom is -0.461 e. The van der Waals surface area contributed by atoms with Gasteiger partial charge in [-0.1, -0.05) is 0 Å². The summed E-state index contributed by atoms with van der Waals surface area (Å²) < 4.78 is 11.3. The summed E-state index contributed by atoms with van der Waals surface area (Å²) in [6.07, 6.45) is 6.91. The van der Waals surface area contributed by atoms with E-state index in [0.717, 1.165) is 25.5 Å². The molecule has 3 N–H and O–H groups in total. The Hall–Kier alpha value is -3.27. The Bertz CT molecular complexity index is 972. The topological polar surface area (TPSA) is 176 Å². The highest BCUT2D eigenvalue weighted by Gasteiger charge is 2.53. The minimum atomic E-state index is -1.14. The Kier molecular flexibility index (Phi) is 11.2. The van der Waals surface area contributed by atoms with E-state index < -0.39 is 47.5 Å². The van der Waals surface area contributed by atoms with Crippen LogP contribution in [0.1, 0.15) is 91.4 Å². The van der Waals surface area contributed by atoms with Crippen LogP contribution >= 0.6 is 0 Å². The molecule has 0 radical (unpaired) electrons. The van der Waals surface area contributed by atoms with E-state index >= 15 is 0 Å². The van der Waals surface area contributed by atoms with Gasteiger partial charge in [0.1, 0.15) is 17.7 Å². The van der Waals surface area contributed by atoms with Crippen LogP contribution in [0.3, 0.4) is 0 Å². The van der Waals surface area contributed by atoms with Gasteiger partial charge in [0.15, 0.2) is 0 Å². The zero-order chi connectivity index (χ0) is 29.3. The molecule has 12 nitrogen and oxygen atoms in total. The number of amides is 3. The molecule has 0 aromatic heterocycles. The maximum atomic E-state index is 13.4. The number of rotatable bonds is 15. The Morgan fingerprint density at radius 3 is 2.12 bits per heavy atom. The molecular formula is C28H43N5O7. The van der Waals surface area contributed by atoms with Crippen molar-refractivity contribution in [1.82, 2.24) is 16.0 Å². The molecule has 0 heterocycles. The third-order valence-corrected chi connectivity index (χ3v) is 8.03. The molecule has 0 unspecified atom stereocenters. The van der Waals surface area contributed by atoms with Gasteiger partial charge >= 0.3 is 18.3 Å². The Labute approximate surface area is 235 Å². The van der Waals surface area contributed by atoms with Crippen molar-refractivity contribution in [2.24, 2.45) is 17.8 Å². The lowest BCUT2D eigenvalue weighted by molar-refractivity contribution is -0.152. The number of nitrogens with one attached hydrogen (secondary N) is 3. The Morgan fingerprint density at radius 1 is 0.950 bits per heavy atom. The van der Waals surface area contributed by atoms with Crippen LogP contribution in [0.2, 0.25) is 0 Å². The Morgan fingerprint density at radius 2 is 1.57 bits per heavy atom. The van der Waals surface area contributed by atoms with Crippen LogP contribution in [0.4, 0.5) is 4.79 Å². The number of alkyl carbamates (subject to hydrolysis) is 1. The maximum absolute atomic E-state index is 13.4. The van der Waals surface area contributed by atoms with Crippen molar-refractivity contribution in [1.29, 1.82) is 0 Å². The van der Waals surface area contributed by atoms with E-state index in [1.165, 1.54) is 26.2 Å². The summed E-state index contributed by atoms with van der Waals surface area (Å²) in [4.78, 5) is 64.9. The number of esters is 1. The zero-order valence-corrected chi connectivity index (χ0v) is 23.8. The second-order valence-corrected chi connectivity index (χ2v) is 12.0. The molecule has 222 valence electrons. The minimum absolute atomic E-state index is 0.0743. The highest BCUT2D eigenvalue weighted by molar-refractivity contribution is 6.25. The summed E-state index contributed by atoms with van der Waals surface area (Å²) in [6, 6.07) is -2.14. The third kappa shape index (κ3) is 9.43. The molecule has 0 spiro atoms. The van der Waals surface area contributed by atoms with Crippen molar-refractivity contribution >= 4 is 35.9 Å². The van der Waals surface area contributed by atoms with E-state index in [9.17, 15) is 24.0 Å². The summed E-state index contributed by atoms with van der Waals surface area (Å²) in [5.74, 6) is -0.243. The average Bonchev–Trinajstić information content (AvgIpc) is 2.83. The maximum Gasteiger partial charge on any atom is 0.408 e. The van der Waals surface area contributed by atoms with Gasteiger partial charge in [0, 0.05) is 19.9 Å². The number of Topliss-reactive ketones (excluding diaryl/α,β-unsaturated/α-hetero) is 1. The van der Waals surface area contributed by atoms with E-state index in [2.05, 4.69) is 20.7 Å². The number of hydrogen-bond acceptors (Lipinski definition) is 7. The van der Waals surface area contributed by atoms with Crippen LogP contribution in [-0.4, -0.2) is 71.0 Å². The third-order valence-electron chi connectivity index (χ3n) is 8.03. The van der Waals surface area contributed by atoms with Gasteiger partial charge < -0.3 is 31.0 Å². The molecule has 2 atom stereocenters. The molecule has 4 aliphatic carbocycles. The molecule has 4 bridgehead atoms. The van der Waals surface area contributed by atoms with Crippen molar-refractivity contribution in [3.63, 3.8) is 0 Å². The van der Waals surface area contributed by atoms with Gasteiger partial charge in [-0.15, -0.1) is 0 Å². The number of unbranched alkanes of at least 4 members (excludes halogenated alkanes) is 1. The molecule has 4 aliphatic rings. The lowest BCUT2D eigenvalue weighted by Gasteiger charge is -2.55. The SMILES string of the molecule is CC(=O)NCCCC[C@H](NC(=O)OC12CC3CC(CC(C3)C1)C2)C(=O)N[C@@H](CCC(=O)C=[N+]=[N-])C(=O)OC(C)C. The van der Waals surface area contributed by atoms with Gasteiger partial charge in [-0.05, 0) is 95.8 Å². The molecule has 0 aromatic carbocycles. The van der Waals surface area contributed by atoms with E-state index in [-0.39, 0.29) is 25.2 Å². The lowest BCUT2D eigenvalue weighted by atomic mass is 9.54. The second kappa shape index (κ2) is 14.4. The van der Waals surface area contributed by atoms with Crippen LogP contribution in [0, 0.1) is 17.8 Å². The molecule has 4 fully saturated rings. The summed E-state index contributed by atoms with van der Waals surface area (Å²) in [7, 11) is 0. The second-order valence-electron chi connectivity index (χ2n) is 12.0. The molecule has 40 heavy (non-hydrogen) atoms. The van der Waals surface area contributed by atoms with Crippen molar-refractivity contribution in [2.75, 3.05) is 6.54 Å². The van der Waals surface area contributed by atoms with Gasteiger partial charge in [0.05, 0.1) is 6.10 Å². The fourth-order valence-electron chi connectivity index (χ4n) is 6.78. The first-order valence-electron chi connectivity index (χ1n) is 14.4. The normalized spacial score (nSPS) is 25.8. The largest absolute Gasteiger partial charge is 0.461 e. The predicted octanol–water partition coefficient (Wildman–Crippen LogP) is 2.44. The van der Waals surface area contributed by atoms with Crippen molar-refractivity contribution in [3.8, 4) is 0 Å². The van der Waals surface area contributed by atoms with Crippen LogP contribution < -0.4 is 16.0 Å². The van der Waals surface area contributed by atoms with Crippen LogP contribution in [0.5, 0.6) is 0 Å². The molecule has 0 aliphatic heterocycles. The smallest absolute Gasteiger partial charge is 0.408 e. The van der Waals surface area contributed by atoms with Crippen molar-refractivity contribution in [3.05, 3.63) is 5.53 Å². The predicted molar refractivity (Wildman–Crippen MR) is 144 cm³/mol. The molecule has 3 amide bonds. The van der Waals surface area contributed by atoms with Crippen molar-refractivity contribution in [2.45, 2.75) is 115 Å². The average molecular weight is 562 g/mol. The van der Waals surface area contributed by atoms with Crippen molar-refractivity contribution < 1.29 is 38.2 Å². The van der Waals surface area contributed by atoms with Crippen LogP contribution in [0.15, 0.2) is 0 Å². The van der Waals surface area contributed by atoms with Gasteiger partial charge in [-0.3, -0.25) is 14.4 Å². The Balaban J connectivity index is 1.66. The molecule has 12 heteroatoms. The molecular weight excluding hydrogens is 518 g/mol. The number of ketones is 1. The van der Waals surface area contributed by atoms with Crippen LogP contribution in [-0.2, 0) is 28.7 Å². The first-order valence-corrected chi connectivity index (χ1v) is 14.4. The molecule has 0 aromatic rings. The van der Waals surface area contributed by atoms with E-state index in [0.29, 0.717) is 37.1 Å². The highest BCUT2D eigenvalue weighted by atomic mass is 16.6. The lowest BCUT2D eigenvalue weighted by Crippen LogP contribution is -2.56. The van der Waals surface area contributed by atoms with Gasteiger partial charge in [-0.2, -0.15) is 4.79 Å². The summed E-state index contributed by atoms with van der Waals surface area (Å²) >= 11 is 0. The summed E-state index contributed by atoms with van der Waals surface area (Å²) in [6.45, 7) is 5.19. The number of hydrogen-bond donors (Lipinski definition) is 3. The number of ether oxygens (including phenoxy) is 2. The fraction of sp³-hybridized carbons (Fsp3) is 0.786. The van der Waals surface area contributed by atoms with E-state index in [4.69, 9.17) is 15.0 Å². The van der Waals surface area contributed by atoms with Gasteiger partial charge in [0.25, 0.3) is 0 Å². The summed E-state index contributed by atoms with van der Waals surface area (Å²) in [5.41, 5.74) is 8.10. The van der Waals surface area contributed by atoms with Gasteiger partial charge in [0.2, 0.25) is 17.6 Å². The highest BCUT2D eigenvalue weighted by Crippen LogP contribution is 2.57. The molecule has 0 saturated heterocycles. The van der Waals surface area contributed by atoms with E-state index in [1.54, 1.807) is 13.8 Å². The van der Waals surface area contributed by atoms with Crippen LogP contribution in [0.25, 0.3) is 5.53 Å². The number of carbonyl (C=O) groups excluding carboxylic acids is 5. The zero-order valence-electron chi connectivity index (χ0n) is 23.8. The first kappa shape index (κ1) is 31.3. The number of nitrogens with zero attached hydrogens (tertiary/aromatic N) is 2.